The zero-order chi connectivity index (χ0) is 17.5. The molecule has 23 heavy (non-hydrogen) atoms. The van der Waals surface area contributed by atoms with Crippen molar-refractivity contribution in [2.75, 3.05) is 13.2 Å². The Kier molecular flexibility index (Phi) is 4.85. The Morgan fingerprint density at radius 3 is 1.35 bits per heavy atom. The Morgan fingerprint density at radius 1 is 0.783 bits per heavy atom. The molecule has 0 radical (unpaired) electrons. The first-order chi connectivity index (χ1) is 10.5. The van der Waals surface area contributed by atoms with Crippen LogP contribution in [0.4, 0.5) is 0 Å². The Hall–Kier alpha value is -1.06. The minimum absolute atomic E-state index is 0.112. The molecule has 0 saturated heterocycles. The van der Waals surface area contributed by atoms with Gasteiger partial charge in [0.15, 0.2) is 11.8 Å². The quantitative estimate of drug-likeness (QED) is 0.766. The molecule has 0 saturated carbocycles. The van der Waals surface area contributed by atoms with Gasteiger partial charge in [-0.1, -0.05) is 55.4 Å². The SMILES string of the molecule is CCC(CC)(C1=N[C@@H](C(C)(C)C)CO1)C1=N[C@@H](C(C)(C)C)CO1. The van der Waals surface area contributed by atoms with E-state index in [1.165, 1.54) is 0 Å². The van der Waals surface area contributed by atoms with Gasteiger partial charge in [-0.05, 0) is 23.7 Å². The molecule has 0 unspecified atom stereocenters. The third kappa shape index (κ3) is 3.41. The van der Waals surface area contributed by atoms with Crippen LogP contribution in [0.2, 0.25) is 0 Å². The molecule has 4 nitrogen and oxygen atoms in total. The smallest absolute Gasteiger partial charge is 0.199 e. The molecular formula is C19H34N2O2. The highest BCUT2D eigenvalue weighted by molar-refractivity contribution is 6.06. The van der Waals surface area contributed by atoms with Crippen LogP contribution >= 0.6 is 0 Å². The maximum atomic E-state index is 6.06. The molecule has 2 rings (SSSR count). The van der Waals surface area contributed by atoms with E-state index in [0.717, 1.165) is 24.6 Å². The molecule has 2 heterocycles. The van der Waals surface area contributed by atoms with Gasteiger partial charge in [0, 0.05) is 0 Å². The topological polar surface area (TPSA) is 43.2 Å². The maximum absolute atomic E-state index is 6.06. The van der Waals surface area contributed by atoms with Crippen LogP contribution in [0.3, 0.4) is 0 Å². The lowest BCUT2D eigenvalue weighted by Gasteiger charge is -2.29. The molecule has 0 aliphatic carbocycles. The van der Waals surface area contributed by atoms with Gasteiger partial charge in [0.1, 0.15) is 18.6 Å². The molecule has 0 bridgehead atoms. The van der Waals surface area contributed by atoms with Crippen molar-refractivity contribution in [3.05, 3.63) is 0 Å². The summed E-state index contributed by atoms with van der Waals surface area (Å²) in [4.78, 5) is 9.88. The van der Waals surface area contributed by atoms with Gasteiger partial charge in [-0.25, -0.2) is 9.98 Å². The molecule has 4 heteroatoms. The molecule has 0 N–H and O–H groups in total. The third-order valence-corrected chi connectivity index (χ3v) is 5.33. The van der Waals surface area contributed by atoms with Crippen molar-refractivity contribution in [2.45, 2.75) is 80.3 Å². The Morgan fingerprint density at radius 2 is 1.13 bits per heavy atom. The molecule has 0 aromatic carbocycles. The summed E-state index contributed by atoms with van der Waals surface area (Å²) in [6.45, 7) is 19.0. The minimum Gasteiger partial charge on any atom is -0.478 e. The van der Waals surface area contributed by atoms with E-state index in [1.807, 2.05) is 0 Å². The lowest BCUT2D eigenvalue weighted by Crippen LogP contribution is -2.39. The van der Waals surface area contributed by atoms with E-state index in [-0.39, 0.29) is 28.3 Å². The van der Waals surface area contributed by atoms with Crippen LogP contribution in [-0.4, -0.2) is 37.1 Å². The lowest BCUT2D eigenvalue weighted by atomic mass is 9.81. The van der Waals surface area contributed by atoms with E-state index in [2.05, 4.69) is 55.4 Å². The standard InChI is InChI=1S/C19H34N2O2/c1-9-19(10-2,15-20-13(11-22-15)17(3,4)5)16-21-14(12-23-16)18(6,7)8/h13-14H,9-12H2,1-8H3/t13-,14-/m1/s1. The second-order valence-electron chi connectivity index (χ2n) is 9.04. The van der Waals surface area contributed by atoms with Crippen LogP contribution < -0.4 is 0 Å². The predicted molar refractivity (Wildman–Crippen MR) is 96.3 cm³/mol. The van der Waals surface area contributed by atoms with Gasteiger partial charge in [0.2, 0.25) is 0 Å². The van der Waals surface area contributed by atoms with Gasteiger partial charge in [0.05, 0.1) is 12.1 Å². The van der Waals surface area contributed by atoms with Gasteiger partial charge < -0.3 is 9.47 Å². The van der Waals surface area contributed by atoms with E-state index in [4.69, 9.17) is 19.5 Å². The molecule has 0 aromatic heterocycles. The zero-order valence-corrected chi connectivity index (χ0v) is 16.2. The molecule has 0 amide bonds. The summed E-state index contributed by atoms with van der Waals surface area (Å²) < 4.78 is 12.1. The highest BCUT2D eigenvalue weighted by Crippen LogP contribution is 2.40. The lowest BCUT2D eigenvalue weighted by molar-refractivity contribution is 0.205. The van der Waals surface area contributed by atoms with Crippen LogP contribution in [0.5, 0.6) is 0 Å². The average Bonchev–Trinajstić information content (AvgIpc) is 3.08. The highest BCUT2D eigenvalue weighted by atomic mass is 16.5. The molecule has 0 aromatic rings. The predicted octanol–water partition coefficient (Wildman–Crippen LogP) is 4.48. The Labute approximate surface area is 141 Å². The number of nitrogens with zero attached hydrogens (tertiary/aromatic N) is 2. The fraction of sp³-hybridized carbons (Fsp3) is 0.895. The van der Waals surface area contributed by atoms with Crippen molar-refractivity contribution in [3.8, 4) is 0 Å². The molecule has 0 fully saturated rings. The summed E-state index contributed by atoms with van der Waals surface area (Å²) in [7, 11) is 0. The van der Waals surface area contributed by atoms with Crippen LogP contribution in [0.15, 0.2) is 9.98 Å². The maximum Gasteiger partial charge on any atom is 0.199 e. The molecule has 132 valence electrons. The fourth-order valence-corrected chi connectivity index (χ4v) is 3.10. The van der Waals surface area contributed by atoms with E-state index in [1.54, 1.807) is 0 Å². The van der Waals surface area contributed by atoms with Crippen LogP contribution in [0.25, 0.3) is 0 Å². The third-order valence-electron chi connectivity index (χ3n) is 5.33. The summed E-state index contributed by atoms with van der Waals surface area (Å²) in [5.41, 5.74) is -0.0808. The molecule has 2 aliphatic heterocycles. The summed E-state index contributed by atoms with van der Waals surface area (Å²) in [5, 5.41) is 0. The Bertz CT molecular complexity index is 448. The molecular weight excluding hydrogens is 288 g/mol. The number of hydrogen-bond acceptors (Lipinski definition) is 4. The highest BCUT2D eigenvalue weighted by Gasteiger charge is 2.48. The van der Waals surface area contributed by atoms with Crippen molar-refractivity contribution in [1.82, 2.24) is 0 Å². The van der Waals surface area contributed by atoms with E-state index < -0.39 is 0 Å². The number of hydrogen-bond donors (Lipinski definition) is 0. The van der Waals surface area contributed by atoms with Crippen molar-refractivity contribution < 1.29 is 9.47 Å². The first-order valence-corrected chi connectivity index (χ1v) is 8.96. The Balaban J connectivity index is 2.35. The molecule has 2 atom stereocenters. The molecule has 0 spiro atoms. The second kappa shape index (κ2) is 6.10. The van der Waals surface area contributed by atoms with Gasteiger partial charge in [-0.15, -0.1) is 0 Å². The van der Waals surface area contributed by atoms with Crippen molar-refractivity contribution in [1.29, 1.82) is 0 Å². The number of aliphatic imine (C=N–C) groups is 2. The van der Waals surface area contributed by atoms with Crippen molar-refractivity contribution >= 4 is 11.8 Å². The van der Waals surface area contributed by atoms with E-state index in [0.29, 0.717) is 13.2 Å². The van der Waals surface area contributed by atoms with Gasteiger partial charge in [-0.2, -0.15) is 0 Å². The number of ether oxygens (including phenoxy) is 2. The summed E-state index contributed by atoms with van der Waals surface area (Å²) in [6.07, 6.45) is 1.80. The van der Waals surface area contributed by atoms with Gasteiger partial charge in [-0.3, -0.25) is 0 Å². The average molecular weight is 322 g/mol. The fourth-order valence-electron chi connectivity index (χ4n) is 3.10. The molecule has 2 aliphatic rings. The van der Waals surface area contributed by atoms with E-state index >= 15 is 0 Å². The summed E-state index contributed by atoms with van der Waals surface area (Å²) in [6, 6.07) is 0.408. The van der Waals surface area contributed by atoms with Crippen molar-refractivity contribution in [3.63, 3.8) is 0 Å². The van der Waals surface area contributed by atoms with Gasteiger partial charge in [0.25, 0.3) is 0 Å². The van der Waals surface area contributed by atoms with Crippen molar-refractivity contribution in [2.24, 2.45) is 26.2 Å². The monoisotopic (exact) mass is 322 g/mol. The minimum atomic E-state index is -0.306. The first kappa shape index (κ1) is 18.3. The largest absolute Gasteiger partial charge is 0.478 e. The summed E-state index contributed by atoms with van der Waals surface area (Å²) in [5.74, 6) is 1.66. The normalized spacial score (nSPS) is 25.7. The van der Waals surface area contributed by atoms with E-state index in [9.17, 15) is 0 Å². The van der Waals surface area contributed by atoms with Crippen LogP contribution in [-0.2, 0) is 9.47 Å². The van der Waals surface area contributed by atoms with Crippen LogP contribution in [0.1, 0.15) is 68.2 Å². The first-order valence-electron chi connectivity index (χ1n) is 8.96. The van der Waals surface area contributed by atoms with Crippen LogP contribution in [0, 0.1) is 16.2 Å². The zero-order valence-electron chi connectivity index (χ0n) is 16.2. The summed E-state index contributed by atoms with van der Waals surface area (Å²) >= 11 is 0. The van der Waals surface area contributed by atoms with Gasteiger partial charge >= 0.3 is 0 Å². The second-order valence-corrected chi connectivity index (χ2v) is 9.04. The number of rotatable bonds is 4.